The zero-order valence-corrected chi connectivity index (χ0v) is 13.7. The molecule has 1 aliphatic rings. The number of rotatable bonds is 3. The number of hydrogen-bond donors (Lipinski definition) is 1. The molecular formula is C18H18N2OS. The van der Waals surface area contributed by atoms with E-state index in [-0.39, 0.29) is 0 Å². The van der Waals surface area contributed by atoms with E-state index in [1.165, 1.54) is 0 Å². The van der Waals surface area contributed by atoms with E-state index in [0.29, 0.717) is 0 Å². The summed E-state index contributed by atoms with van der Waals surface area (Å²) < 4.78 is 5.52. The van der Waals surface area contributed by atoms with Crippen molar-refractivity contribution in [3.05, 3.63) is 59.3 Å². The van der Waals surface area contributed by atoms with Crippen molar-refractivity contribution in [2.24, 2.45) is 0 Å². The number of thiocarbonyl (C=S) groups is 1. The molecule has 0 unspecified atom stereocenters. The Morgan fingerprint density at radius 2 is 1.91 bits per heavy atom. The number of ether oxygens (including phenoxy) is 1. The van der Waals surface area contributed by atoms with Crippen molar-refractivity contribution in [1.82, 2.24) is 0 Å². The number of hydrogen-bond acceptors (Lipinski definition) is 4. The predicted molar refractivity (Wildman–Crippen MR) is 97.1 cm³/mol. The highest BCUT2D eigenvalue weighted by molar-refractivity contribution is 7.81. The molecule has 1 heterocycles. The molecule has 0 fully saturated rings. The summed E-state index contributed by atoms with van der Waals surface area (Å²) in [4.78, 5) is 2.89. The van der Waals surface area contributed by atoms with Gasteiger partial charge in [-0.1, -0.05) is 30.4 Å². The summed E-state index contributed by atoms with van der Waals surface area (Å²) in [7, 11) is 5.71. The summed E-state index contributed by atoms with van der Waals surface area (Å²) in [6.07, 6.45) is 2.04. The average molecular weight is 310 g/mol. The Morgan fingerprint density at radius 1 is 1.14 bits per heavy atom. The molecule has 0 atom stereocenters. The molecule has 3 nitrogen and oxygen atoms in total. The average Bonchev–Trinajstić information content (AvgIpc) is 2.84. The minimum Gasteiger partial charge on any atom is -0.496 e. The quantitative estimate of drug-likeness (QED) is 0.685. The Bertz CT molecular complexity index is 765. The van der Waals surface area contributed by atoms with Gasteiger partial charge in [-0.2, -0.15) is 0 Å². The number of anilines is 2. The van der Waals surface area contributed by atoms with Crippen LogP contribution in [0.4, 0.5) is 11.4 Å². The van der Waals surface area contributed by atoms with Gasteiger partial charge in [-0.15, -0.1) is 0 Å². The molecule has 0 spiro atoms. The largest absolute Gasteiger partial charge is 0.496 e. The van der Waals surface area contributed by atoms with Crippen molar-refractivity contribution in [1.29, 1.82) is 0 Å². The fourth-order valence-corrected chi connectivity index (χ4v) is 2.78. The lowest BCUT2D eigenvalue weighted by Crippen LogP contribution is -2.08. The Labute approximate surface area is 136 Å². The zero-order chi connectivity index (χ0) is 15.7. The minimum absolute atomic E-state index is 0.833. The van der Waals surface area contributed by atoms with E-state index in [1.807, 2.05) is 55.4 Å². The van der Waals surface area contributed by atoms with Crippen LogP contribution >= 0.6 is 12.2 Å². The summed E-state index contributed by atoms with van der Waals surface area (Å²) in [6.45, 7) is 0. The van der Waals surface area contributed by atoms with Crippen molar-refractivity contribution >= 4 is 34.5 Å². The predicted octanol–water partition coefficient (Wildman–Crippen LogP) is 3.95. The molecule has 0 saturated carbocycles. The van der Waals surface area contributed by atoms with Gasteiger partial charge in [-0.25, -0.2) is 0 Å². The number of nitrogens with one attached hydrogen (secondary N) is 1. The molecule has 22 heavy (non-hydrogen) atoms. The third-order valence-electron chi connectivity index (χ3n) is 3.72. The van der Waals surface area contributed by atoms with E-state index < -0.39 is 0 Å². The highest BCUT2D eigenvalue weighted by atomic mass is 32.1. The second-order valence-corrected chi connectivity index (χ2v) is 5.79. The van der Waals surface area contributed by atoms with Crippen LogP contribution in [-0.2, 0) is 0 Å². The first-order valence-corrected chi connectivity index (χ1v) is 7.49. The molecule has 4 heteroatoms. The van der Waals surface area contributed by atoms with Crippen molar-refractivity contribution in [2.75, 3.05) is 31.4 Å². The van der Waals surface area contributed by atoms with Gasteiger partial charge in [0.05, 0.1) is 17.7 Å². The Hall–Kier alpha value is -2.33. The molecular weight excluding hydrogens is 292 g/mol. The Kier molecular flexibility index (Phi) is 3.86. The lowest BCUT2D eigenvalue weighted by atomic mass is 10.1. The van der Waals surface area contributed by atoms with E-state index in [9.17, 15) is 0 Å². The van der Waals surface area contributed by atoms with Crippen molar-refractivity contribution in [3.8, 4) is 5.75 Å². The van der Waals surface area contributed by atoms with Gasteiger partial charge in [-0.05, 0) is 24.3 Å². The van der Waals surface area contributed by atoms with Crippen LogP contribution in [0.1, 0.15) is 11.1 Å². The lowest BCUT2D eigenvalue weighted by molar-refractivity contribution is 0.414. The molecule has 0 aliphatic carbocycles. The summed E-state index contributed by atoms with van der Waals surface area (Å²) in [5, 5.41) is 3.38. The fourth-order valence-electron chi connectivity index (χ4n) is 2.49. The topological polar surface area (TPSA) is 24.5 Å². The van der Waals surface area contributed by atoms with Crippen LogP contribution in [0.25, 0.3) is 6.08 Å². The summed E-state index contributed by atoms with van der Waals surface area (Å²) >= 11 is 5.56. The van der Waals surface area contributed by atoms with E-state index in [1.54, 1.807) is 7.11 Å². The molecule has 112 valence electrons. The van der Waals surface area contributed by atoms with Crippen LogP contribution in [-0.4, -0.2) is 26.1 Å². The second-order valence-electron chi connectivity index (χ2n) is 5.38. The van der Waals surface area contributed by atoms with E-state index >= 15 is 0 Å². The third kappa shape index (κ3) is 2.57. The molecule has 0 radical (unpaired) electrons. The summed E-state index contributed by atoms with van der Waals surface area (Å²) in [5.41, 5.74) is 5.18. The molecule has 1 N–H and O–H groups in total. The highest BCUT2D eigenvalue weighted by Gasteiger charge is 2.20. The van der Waals surface area contributed by atoms with Gasteiger partial charge in [0.25, 0.3) is 0 Å². The number of allylic oxidation sites excluding steroid dienone is 1. The maximum absolute atomic E-state index is 5.56. The molecule has 0 saturated heterocycles. The smallest absolute Gasteiger partial charge is 0.128 e. The molecule has 3 rings (SSSR count). The second kappa shape index (κ2) is 5.81. The Morgan fingerprint density at radius 3 is 2.59 bits per heavy atom. The normalized spacial score (nSPS) is 14.7. The summed E-state index contributed by atoms with van der Waals surface area (Å²) in [5.74, 6) is 0.833. The van der Waals surface area contributed by atoms with Gasteiger partial charge in [0, 0.05) is 42.7 Å². The van der Waals surface area contributed by atoms with Gasteiger partial charge in [0.15, 0.2) is 0 Å². The van der Waals surface area contributed by atoms with Crippen LogP contribution in [0.2, 0.25) is 0 Å². The number of fused-ring (bicyclic) bond motifs is 1. The Balaban J connectivity index is 1.98. The van der Waals surface area contributed by atoms with Gasteiger partial charge >= 0.3 is 0 Å². The fraction of sp³-hybridized carbons (Fsp3) is 0.167. The SMILES string of the molecule is COc1cc(N(C)C)ccc1/C=C1\Nc2ccccc2C1=S. The number of methoxy groups -OCH3 is 1. The summed E-state index contributed by atoms with van der Waals surface area (Å²) in [6, 6.07) is 14.2. The number of benzene rings is 2. The molecule has 2 aromatic carbocycles. The van der Waals surface area contributed by atoms with E-state index in [2.05, 4.69) is 17.4 Å². The third-order valence-corrected chi connectivity index (χ3v) is 4.16. The monoisotopic (exact) mass is 310 g/mol. The van der Waals surface area contributed by atoms with Crippen LogP contribution in [0, 0.1) is 0 Å². The van der Waals surface area contributed by atoms with Gasteiger partial charge in [0.2, 0.25) is 0 Å². The molecule has 1 aliphatic heterocycles. The van der Waals surface area contributed by atoms with E-state index in [0.717, 1.165) is 38.8 Å². The zero-order valence-electron chi connectivity index (χ0n) is 12.9. The number of nitrogens with zero attached hydrogens (tertiary/aromatic N) is 1. The van der Waals surface area contributed by atoms with Crippen molar-refractivity contribution < 1.29 is 4.74 Å². The number of para-hydroxylation sites is 1. The maximum Gasteiger partial charge on any atom is 0.128 e. The van der Waals surface area contributed by atoms with Gasteiger partial charge in [0.1, 0.15) is 5.75 Å². The van der Waals surface area contributed by atoms with Gasteiger partial charge in [-0.3, -0.25) is 0 Å². The molecule has 2 aromatic rings. The van der Waals surface area contributed by atoms with Crippen LogP contribution in [0.15, 0.2) is 48.2 Å². The van der Waals surface area contributed by atoms with Crippen LogP contribution in [0.3, 0.4) is 0 Å². The van der Waals surface area contributed by atoms with Crippen LogP contribution < -0.4 is 15.0 Å². The van der Waals surface area contributed by atoms with Crippen molar-refractivity contribution in [2.45, 2.75) is 0 Å². The maximum atomic E-state index is 5.56. The first-order valence-electron chi connectivity index (χ1n) is 7.08. The standard InChI is InChI=1S/C18H18N2OS/c1-20(2)13-9-8-12(17(11-13)21-3)10-16-18(22)14-6-4-5-7-15(14)19-16/h4-11,19H,1-3H3/b16-10-. The first kappa shape index (κ1) is 14.6. The molecule has 0 amide bonds. The highest BCUT2D eigenvalue weighted by Crippen LogP contribution is 2.32. The lowest BCUT2D eigenvalue weighted by Gasteiger charge is -2.15. The molecule has 0 bridgehead atoms. The molecule has 0 aromatic heterocycles. The minimum atomic E-state index is 0.833. The first-order chi connectivity index (χ1) is 10.6. The van der Waals surface area contributed by atoms with Crippen molar-refractivity contribution in [3.63, 3.8) is 0 Å². The van der Waals surface area contributed by atoms with E-state index in [4.69, 9.17) is 17.0 Å². The van der Waals surface area contributed by atoms with Crippen LogP contribution in [0.5, 0.6) is 5.75 Å². The van der Waals surface area contributed by atoms with Gasteiger partial charge < -0.3 is 15.0 Å².